The fraction of sp³-hybridized carbons (Fsp3) is 0.176. The molecule has 0 unspecified atom stereocenters. The number of para-hydroxylation sites is 2. The van der Waals surface area contributed by atoms with Gasteiger partial charge in [-0.3, -0.25) is 0 Å². The quantitative estimate of drug-likeness (QED) is 0.679. The van der Waals surface area contributed by atoms with Crippen LogP contribution in [0.25, 0.3) is 11.0 Å². The van der Waals surface area contributed by atoms with Crippen LogP contribution < -0.4 is 5.11 Å². The van der Waals surface area contributed by atoms with Gasteiger partial charge in [0.25, 0.3) is 0 Å². The Labute approximate surface area is 132 Å². The number of aliphatic carboxylic acids is 1. The zero-order valence-corrected chi connectivity index (χ0v) is 12.9. The second-order valence-electron chi connectivity index (χ2n) is 5.03. The monoisotopic (exact) mass is 311 g/mol. The van der Waals surface area contributed by atoms with Crippen LogP contribution in [0, 0.1) is 0 Å². The van der Waals surface area contributed by atoms with Gasteiger partial charge >= 0.3 is 0 Å². The highest BCUT2D eigenvalue weighted by atomic mass is 32.2. The molecule has 0 amide bonds. The predicted molar refractivity (Wildman–Crippen MR) is 85.6 cm³/mol. The molecule has 3 rings (SSSR count). The number of fused-ring (bicyclic) bond motifs is 1. The first-order valence-corrected chi connectivity index (χ1v) is 7.90. The van der Waals surface area contributed by atoms with Gasteiger partial charge in [-0.25, -0.2) is 4.98 Å². The number of imidazole rings is 1. The third kappa shape index (κ3) is 2.99. The van der Waals surface area contributed by atoms with Crippen LogP contribution in [-0.4, -0.2) is 20.8 Å². The highest BCUT2D eigenvalue weighted by Gasteiger charge is 2.15. The van der Waals surface area contributed by atoms with Gasteiger partial charge in [0.05, 0.1) is 23.5 Å². The number of aromatic nitrogens is 2. The van der Waals surface area contributed by atoms with E-state index in [1.807, 2.05) is 54.6 Å². The van der Waals surface area contributed by atoms with Crippen LogP contribution in [0.3, 0.4) is 0 Å². The number of rotatable bonds is 5. The van der Waals surface area contributed by atoms with Crippen LogP contribution >= 0.6 is 11.8 Å². The van der Waals surface area contributed by atoms with Crippen molar-refractivity contribution in [2.24, 2.45) is 0 Å². The molecular formula is C17H15N2O2S-. The first-order chi connectivity index (χ1) is 10.6. The molecule has 0 saturated heterocycles. The fourth-order valence-electron chi connectivity index (χ4n) is 2.27. The van der Waals surface area contributed by atoms with Gasteiger partial charge in [0.2, 0.25) is 0 Å². The molecule has 2 aromatic carbocycles. The molecule has 1 atom stereocenters. The Hall–Kier alpha value is -2.27. The summed E-state index contributed by atoms with van der Waals surface area (Å²) in [5, 5.41) is 11.1. The minimum Gasteiger partial charge on any atom is -0.549 e. The normalized spacial score (nSPS) is 12.4. The predicted octanol–water partition coefficient (Wildman–Crippen LogP) is 2.32. The second-order valence-corrected chi connectivity index (χ2v) is 6.34. The summed E-state index contributed by atoms with van der Waals surface area (Å²) in [7, 11) is 0. The van der Waals surface area contributed by atoms with Crippen molar-refractivity contribution in [2.75, 3.05) is 0 Å². The molecule has 0 N–H and O–H groups in total. The minimum atomic E-state index is -1.08. The van der Waals surface area contributed by atoms with Crippen molar-refractivity contribution in [3.05, 3.63) is 60.2 Å². The molecule has 0 radical (unpaired) electrons. The lowest BCUT2D eigenvalue weighted by molar-refractivity contribution is -0.304. The molecule has 1 aromatic heterocycles. The topological polar surface area (TPSA) is 58.0 Å². The van der Waals surface area contributed by atoms with E-state index >= 15 is 0 Å². The third-order valence-corrected chi connectivity index (χ3v) is 4.49. The summed E-state index contributed by atoms with van der Waals surface area (Å²) in [5.74, 6) is -1.08. The molecule has 0 aliphatic rings. The van der Waals surface area contributed by atoms with Crippen molar-refractivity contribution < 1.29 is 9.90 Å². The third-order valence-electron chi connectivity index (χ3n) is 3.42. The van der Waals surface area contributed by atoms with Gasteiger partial charge in [-0.2, -0.15) is 0 Å². The molecule has 0 saturated carbocycles. The van der Waals surface area contributed by atoms with Gasteiger partial charge < -0.3 is 14.5 Å². The van der Waals surface area contributed by atoms with Crippen molar-refractivity contribution in [1.29, 1.82) is 0 Å². The second kappa shape index (κ2) is 6.23. The molecule has 0 aliphatic carbocycles. The molecule has 5 heteroatoms. The van der Waals surface area contributed by atoms with Crippen molar-refractivity contribution in [2.45, 2.75) is 23.9 Å². The van der Waals surface area contributed by atoms with E-state index in [0.717, 1.165) is 16.6 Å². The fourth-order valence-corrected chi connectivity index (χ4v) is 3.12. The lowest BCUT2D eigenvalue weighted by Gasteiger charge is -2.13. The van der Waals surface area contributed by atoms with Gasteiger partial charge in [0.1, 0.15) is 0 Å². The van der Waals surface area contributed by atoms with E-state index in [-0.39, 0.29) is 0 Å². The van der Waals surface area contributed by atoms with Gasteiger partial charge in [-0.1, -0.05) is 54.2 Å². The Morgan fingerprint density at radius 2 is 1.86 bits per heavy atom. The maximum Gasteiger partial charge on any atom is 0.169 e. The van der Waals surface area contributed by atoms with Crippen LogP contribution in [0.4, 0.5) is 0 Å². The maximum atomic E-state index is 11.0. The molecule has 0 spiro atoms. The van der Waals surface area contributed by atoms with E-state index in [2.05, 4.69) is 9.55 Å². The molecule has 0 aliphatic heterocycles. The molecule has 0 bridgehead atoms. The molecule has 1 heterocycles. The smallest absolute Gasteiger partial charge is 0.169 e. The zero-order chi connectivity index (χ0) is 15.5. The number of carboxylic acid groups (broad SMARTS) is 1. The van der Waals surface area contributed by atoms with Crippen molar-refractivity contribution in [1.82, 2.24) is 9.55 Å². The molecule has 3 aromatic rings. The van der Waals surface area contributed by atoms with E-state index < -0.39 is 11.2 Å². The average Bonchev–Trinajstić information content (AvgIpc) is 2.86. The van der Waals surface area contributed by atoms with Gasteiger partial charge in [0.15, 0.2) is 5.16 Å². The summed E-state index contributed by atoms with van der Waals surface area (Å²) < 4.78 is 2.05. The number of carbonyl (C=O) groups excluding carboxylic acids is 1. The first kappa shape index (κ1) is 14.7. The summed E-state index contributed by atoms with van der Waals surface area (Å²) in [6, 6.07) is 17.9. The molecule has 112 valence electrons. The van der Waals surface area contributed by atoms with Crippen LogP contribution in [0.15, 0.2) is 59.8 Å². The number of nitrogens with zero attached hydrogens (tertiary/aromatic N) is 2. The van der Waals surface area contributed by atoms with E-state index in [1.165, 1.54) is 11.8 Å². The molecule has 4 nitrogen and oxygen atoms in total. The summed E-state index contributed by atoms with van der Waals surface area (Å²) >= 11 is 1.21. The van der Waals surface area contributed by atoms with Crippen LogP contribution in [0.1, 0.15) is 12.5 Å². The zero-order valence-electron chi connectivity index (χ0n) is 12.1. The Morgan fingerprint density at radius 3 is 2.59 bits per heavy atom. The number of carbonyl (C=O) groups is 1. The Morgan fingerprint density at radius 1 is 1.18 bits per heavy atom. The largest absolute Gasteiger partial charge is 0.549 e. The van der Waals surface area contributed by atoms with E-state index in [9.17, 15) is 9.90 Å². The number of carboxylic acids is 1. The van der Waals surface area contributed by atoms with Crippen molar-refractivity contribution >= 4 is 28.8 Å². The number of hydrogen-bond donors (Lipinski definition) is 0. The maximum absolute atomic E-state index is 11.0. The Balaban J connectivity index is 2.03. The summed E-state index contributed by atoms with van der Waals surface area (Å²) in [6.45, 7) is 2.27. The summed E-state index contributed by atoms with van der Waals surface area (Å²) in [6.07, 6.45) is 0. The summed E-state index contributed by atoms with van der Waals surface area (Å²) in [5.41, 5.74) is 3.01. The molecular weight excluding hydrogens is 296 g/mol. The first-order valence-electron chi connectivity index (χ1n) is 7.02. The number of hydrogen-bond acceptors (Lipinski definition) is 4. The van der Waals surface area contributed by atoms with Crippen LogP contribution in [0.2, 0.25) is 0 Å². The lowest BCUT2D eigenvalue weighted by atomic mass is 10.2. The van der Waals surface area contributed by atoms with E-state index in [4.69, 9.17) is 0 Å². The van der Waals surface area contributed by atoms with E-state index in [1.54, 1.807) is 6.92 Å². The number of thioether (sulfide) groups is 1. The van der Waals surface area contributed by atoms with Crippen molar-refractivity contribution in [3.8, 4) is 0 Å². The Kier molecular flexibility index (Phi) is 4.15. The number of benzene rings is 2. The molecule has 22 heavy (non-hydrogen) atoms. The van der Waals surface area contributed by atoms with Gasteiger partial charge in [0, 0.05) is 5.25 Å². The lowest BCUT2D eigenvalue weighted by Crippen LogP contribution is -2.31. The van der Waals surface area contributed by atoms with Gasteiger partial charge in [-0.05, 0) is 24.6 Å². The minimum absolute atomic E-state index is 0.647. The van der Waals surface area contributed by atoms with E-state index in [0.29, 0.717) is 11.7 Å². The van der Waals surface area contributed by atoms with Gasteiger partial charge in [-0.15, -0.1) is 0 Å². The molecule has 0 fully saturated rings. The standard InChI is InChI=1S/C17H16N2O2S/c1-12(16(20)21)22-17-18-14-9-5-6-10-15(14)19(17)11-13-7-3-2-4-8-13/h2-10,12H,11H2,1H3,(H,20,21)/p-1/t12-/m0/s1. The Bertz CT molecular complexity index is 799. The van der Waals surface area contributed by atoms with Crippen LogP contribution in [-0.2, 0) is 11.3 Å². The SMILES string of the molecule is C[C@H](Sc1nc2ccccc2n1Cc1ccccc1)C(=O)[O-]. The summed E-state index contributed by atoms with van der Waals surface area (Å²) in [4.78, 5) is 15.6. The highest BCUT2D eigenvalue weighted by molar-refractivity contribution is 8.00. The highest BCUT2D eigenvalue weighted by Crippen LogP contribution is 2.27. The van der Waals surface area contributed by atoms with Crippen LogP contribution in [0.5, 0.6) is 0 Å². The average molecular weight is 311 g/mol. The van der Waals surface area contributed by atoms with Crippen molar-refractivity contribution in [3.63, 3.8) is 0 Å².